The van der Waals surface area contributed by atoms with Gasteiger partial charge in [0.2, 0.25) is 0 Å². The first-order valence-corrected chi connectivity index (χ1v) is 6.87. The van der Waals surface area contributed by atoms with Crippen molar-refractivity contribution in [2.45, 2.75) is 6.92 Å². The van der Waals surface area contributed by atoms with Gasteiger partial charge in [0.25, 0.3) is 0 Å². The van der Waals surface area contributed by atoms with Gasteiger partial charge in [0.15, 0.2) is 5.82 Å². The topological polar surface area (TPSA) is 58.3 Å². The second-order valence-electron chi connectivity index (χ2n) is 5.05. The smallest absolute Gasteiger partial charge is 0.151 e. The molecule has 20 heavy (non-hydrogen) atoms. The van der Waals surface area contributed by atoms with Crippen LogP contribution < -0.4 is 15.5 Å². The van der Waals surface area contributed by atoms with E-state index in [1.54, 1.807) is 6.20 Å². The Labute approximate surface area is 119 Å². The highest BCUT2D eigenvalue weighted by molar-refractivity contribution is 5.63. The van der Waals surface area contributed by atoms with Crippen LogP contribution in [0, 0.1) is 6.92 Å². The maximum Gasteiger partial charge on any atom is 0.151 e. The molecule has 1 saturated heterocycles. The Hall–Kier alpha value is -2.30. The van der Waals surface area contributed by atoms with Gasteiger partial charge in [0.1, 0.15) is 0 Å². The molecule has 0 amide bonds. The summed E-state index contributed by atoms with van der Waals surface area (Å²) >= 11 is 0. The molecule has 1 aliphatic heterocycles. The molecule has 2 aromatic rings. The molecule has 0 unspecified atom stereocenters. The van der Waals surface area contributed by atoms with Crippen molar-refractivity contribution in [3.8, 4) is 0 Å². The van der Waals surface area contributed by atoms with E-state index >= 15 is 0 Å². The molecule has 0 aliphatic carbocycles. The van der Waals surface area contributed by atoms with E-state index in [-0.39, 0.29) is 0 Å². The zero-order valence-electron chi connectivity index (χ0n) is 11.7. The Bertz CT molecular complexity index is 537. The fourth-order valence-electron chi connectivity index (χ4n) is 2.65. The van der Waals surface area contributed by atoms with Gasteiger partial charge in [0.05, 0.1) is 5.69 Å². The third-order valence-electron chi connectivity index (χ3n) is 3.73. The summed E-state index contributed by atoms with van der Waals surface area (Å²) in [5.74, 6) is 0.901. The van der Waals surface area contributed by atoms with E-state index in [1.807, 2.05) is 24.5 Å². The van der Waals surface area contributed by atoms with Crippen molar-refractivity contribution in [2.24, 2.45) is 0 Å². The minimum absolute atomic E-state index is 0.751. The van der Waals surface area contributed by atoms with Crippen LogP contribution in [0.4, 0.5) is 17.2 Å². The molecule has 0 spiro atoms. The first kappa shape index (κ1) is 12.7. The van der Waals surface area contributed by atoms with E-state index in [0.29, 0.717) is 0 Å². The number of aromatic nitrogens is 2. The molecule has 5 heteroatoms. The maximum absolute atomic E-state index is 6.00. The van der Waals surface area contributed by atoms with Gasteiger partial charge in [-0.3, -0.25) is 4.98 Å². The van der Waals surface area contributed by atoms with Gasteiger partial charge in [-0.15, -0.1) is 0 Å². The largest absolute Gasteiger partial charge is 0.396 e. The minimum atomic E-state index is 0.751. The molecular formula is C15H19N5. The molecule has 0 aromatic carbocycles. The lowest BCUT2D eigenvalue weighted by Crippen LogP contribution is -2.47. The van der Waals surface area contributed by atoms with Crippen molar-refractivity contribution in [3.05, 3.63) is 42.4 Å². The van der Waals surface area contributed by atoms with Crippen LogP contribution in [-0.4, -0.2) is 36.1 Å². The number of anilines is 3. The Morgan fingerprint density at radius 3 is 2.50 bits per heavy atom. The molecule has 0 radical (unpaired) electrons. The van der Waals surface area contributed by atoms with Crippen LogP contribution in [0.25, 0.3) is 0 Å². The quantitative estimate of drug-likeness (QED) is 0.899. The van der Waals surface area contributed by atoms with E-state index in [2.05, 4.69) is 32.8 Å². The van der Waals surface area contributed by atoms with Crippen LogP contribution in [0.2, 0.25) is 0 Å². The summed E-state index contributed by atoms with van der Waals surface area (Å²) in [4.78, 5) is 13.2. The van der Waals surface area contributed by atoms with Gasteiger partial charge in [-0.05, 0) is 30.7 Å². The van der Waals surface area contributed by atoms with Crippen molar-refractivity contribution in [1.29, 1.82) is 0 Å². The summed E-state index contributed by atoms with van der Waals surface area (Å²) in [7, 11) is 0. The number of nitrogen functional groups attached to an aromatic ring is 1. The molecule has 0 atom stereocenters. The molecule has 3 heterocycles. The summed E-state index contributed by atoms with van der Waals surface area (Å²) in [6.07, 6.45) is 5.56. The lowest BCUT2D eigenvalue weighted by Gasteiger charge is -2.37. The zero-order chi connectivity index (χ0) is 13.9. The highest BCUT2D eigenvalue weighted by Crippen LogP contribution is 2.24. The van der Waals surface area contributed by atoms with Gasteiger partial charge in [-0.25, -0.2) is 4.98 Å². The van der Waals surface area contributed by atoms with Crippen LogP contribution in [0.3, 0.4) is 0 Å². The average Bonchev–Trinajstić information content (AvgIpc) is 2.49. The lowest BCUT2D eigenvalue weighted by atomic mass is 10.2. The minimum Gasteiger partial charge on any atom is -0.396 e. The lowest BCUT2D eigenvalue weighted by molar-refractivity contribution is 0.647. The second-order valence-corrected chi connectivity index (χ2v) is 5.05. The van der Waals surface area contributed by atoms with Crippen LogP contribution >= 0.6 is 0 Å². The average molecular weight is 269 g/mol. The standard InChI is InChI=1S/C15H19N5/c1-12-11-17-6-4-14(12)19-7-9-20(10-8-19)15-13(16)3-2-5-18-15/h2-6,11H,7-10,16H2,1H3. The number of nitrogens with two attached hydrogens (primary N) is 1. The van der Waals surface area contributed by atoms with E-state index in [0.717, 1.165) is 37.7 Å². The fraction of sp³-hybridized carbons (Fsp3) is 0.333. The molecule has 1 fully saturated rings. The predicted octanol–water partition coefficient (Wildman–Crippen LogP) is 1.69. The van der Waals surface area contributed by atoms with Gasteiger partial charge in [0, 0.05) is 50.5 Å². The van der Waals surface area contributed by atoms with Crippen LogP contribution in [0.1, 0.15) is 5.56 Å². The van der Waals surface area contributed by atoms with Crippen molar-refractivity contribution in [1.82, 2.24) is 9.97 Å². The van der Waals surface area contributed by atoms with E-state index < -0.39 is 0 Å². The molecule has 1 aliphatic rings. The summed E-state index contributed by atoms with van der Waals surface area (Å²) in [6, 6.07) is 5.86. The number of pyridine rings is 2. The predicted molar refractivity (Wildman–Crippen MR) is 82.0 cm³/mol. The first-order chi connectivity index (χ1) is 9.75. The monoisotopic (exact) mass is 269 g/mol. The van der Waals surface area contributed by atoms with E-state index in [4.69, 9.17) is 5.73 Å². The Kier molecular flexibility index (Phi) is 3.41. The molecule has 104 valence electrons. The summed E-state index contributed by atoms with van der Waals surface area (Å²) in [6.45, 7) is 5.92. The van der Waals surface area contributed by atoms with Gasteiger partial charge in [-0.2, -0.15) is 0 Å². The molecule has 2 N–H and O–H groups in total. The first-order valence-electron chi connectivity index (χ1n) is 6.87. The van der Waals surface area contributed by atoms with Crippen molar-refractivity contribution >= 4 is 17.2 Å². The van der Waals surface area contributed by atoms with Gasteiger partial charge in [-0.1, -0.05) is 0 Å². The number of nitrogens with zero attached hydrogens (tertiary/aromatic N) is 4. The van der Waals surface area contributed by atoms with Crippen LogP contribution in [0.15, 0.2) is 36.8 Å². The third kappa shape index (κ3) is 2.39. The number of piperazine rings is 1. The number of rotatable bonds is 2. The fourth-order valence-corrected chi connectivity index (χ4v) is 2.65. The van der Waals surface area contributed by atoms with E-state index in [9.17, 15) is 0 Å². The SMILES string of the molecule is Cc1cnccc1N1CCN(c2ncccc2N)CC1. The van der Waals surface area contributed by atoms with Crippen LogP contribution in [-0.2, 0) is 0 Å². The van der Waals surface area contributed by atoms with Gasteiger partial charge < -0.3 is 15.5 Å². The highest BCUT2D eigenvalue weighted by atomic mass is 15.3. The number of hydrogen-bond donors (Lipinski definition) is 1. The third-order valence-corrected chi connectivity index (χ3v) is 3.73. The number of aryl methyl sites for hydroxylation is 1. The molecule has 0 bridgehead atoms. The molecule has 5 nitrogen and oxygen atoms in total. The van der Waals surface area contributed by atoms with Crippen LogP contribution in [0.5, 0.6) is 0 Å². The van der Waals surface area contributed by atoms with Gasteiger partial charge >= 0.3 is 0 Å². The summed E-state index contributed by atoms with van der Waals surface area (Å²) in [5.41, 5.74) is 9.24. The summed E-state index contributed by atoms with van der Waals surface area (Å²) < 4.78 is 0. The molecule has 0 saturated carbocycles. The summed E-state index contributed by atoms with van der Waals surface area (Å²) in [5, 5.41) is 0. The van der Waals surface area contributed by atoms with Crippen molar-refractivity contribution in [2.75, 3.05) is 41.7 Å². The Balaban J connectivity index is 1.72. The zero-order valence-corrected chi connectivity index (χ0v) is 11.7. The number of hydrogen-bond acceptors (Lipinski definition) is 5. The highest BCUT2D eigenvalue weighted by Gasteiger charge is 2.20. The molecule has 2 aromatic heterocycles. The molecular weight excluding hydrogens is 250 g/mol. The van der Waals surface area contributed by atoms with Crippen molar-refractivity contribution in [3.63, 3.8) is 0 Å². The second kappa shape index (κ2) is 5.36. The van der Waals surface area contributed by atoms with Crippen molar-refractivity contribution < 1.29 is 0 Å². The normalized spacial score (nSPS) is 15.4. The maximum atomic E-state index is 6.00. The molecule has 3 rings (SSSR count). The Morgan fingerprint density at radius 2 is 1.80 bits per heavy atom. The van der Waals surface area contributed by atoms with E-state index in [1.165, 1.54) is 11.3 Å². The Morgan fingerprint density at radius 1 is 1.05 bits per heavy atom.